The van der Waals surface area contributed by atoms with Crippen molar-refractivity contribution in [1.29, 1.82) is 0 Å². The van der Waals surface area contributed by atoms with E-state index in [-0.39, 0.29) is 18.1 Å². The molecular weight excluding hydrogens is 258 g/mol. The average molecular weight is 285 g/mol. The van der Waals surface area contributed by atoms with E-state index in [0.29, 0.717) is 18.9 Å². The Hall–Kier alpha value is -1.26. The van der Waals surface area contributed by atoms with E-state index in [1.165, 1.54) is 0 Å². The number of nitrogens with one attached hydrogen (secondary N) is 1. The Morgan fingerprint density at radius 1 is 1.25 bits per heavy atom. The molecular formula is C15H27NO4. The quantitative estimate of drug-likeness (QED) is 0.806. The lowest BCUT2D eigenvalue weighted by Crippen LogP contribution is -2.41. The number of esters is 1. The van der Waals surface area contributed by atoms with Crippen LogP contribution >= 0.6 is 0 Å². The van der Waals surface area contributed by atoms with E-state index in [9.17, 15) is 9.59 Å². The van der Waals surface area contributed by atoms with Crippen LogP contribution in [-0.4, -0.2) is 30.3 Å². The standard InChI is InChI=1S/C15H27NO4/c1-5-19-13(17)10-11-7-6-8-12(9-11)16-14(18)20-15(2,3)4/h11-12H,5-10H2,1-4H3,(H,16,18)/t11-,12+/m0/s1. The molecule has 0 unspecified atom stereocenters. The highest BCUT2D eigenvalue weighted by molar-refractivity contribution is 5.70. The zero-order valence-electron chi connectivity index (χ0n) is 13.0. The monoisotopic (exact) mass is 285 g/mol. The van der Waals surface area contributed by atoms with E-state index in [0.717, 1.165) is 25.7 Å². The molecule has 0 saturated heterocycles. The normalized spacial score (nSPS) is 23.0. The smallest absolute Gasteiger partial charge is 0.407 e. The summed E-state index contributed by atoms with van der Waals surface area (Å²) in [5.41, 5.74) is -0.483. The second-order valence-corrected chi connectivity index (χ2v) is 6.38. The molecule has 0 aromatic carbocycles. The van der Waals surface area contributed by atoms with Crippen LogP contribution in [0.15, 0.2) is 0 Å². The van der Waals surface area contributed by atoms with Gasteiger partial charge in [0.15, 0.2) is 0 Å². The van der Waals surface area contributed by atoms with Crippen LogP contribution in [0.2, 0.25) is 0 Å². The number of hydrogen-bond acceptors (Lipinski definition) is 4. The van der Waals surface area contributed by atoms with E-state index >= 15 is 0 Å². The Morgan fingerprint density at radius 3 is 2.55 bits per heavy atom. The first-order valence-electron chi connectivity index (χ1n) is 7.45. The summed E-state index contributed by atoms with van der Waals surface area (Å²) in [4.78, 5) is 23.2. The molecule has 0 spiro atoms. The minimum absolute atomic E-state index is 0.0954. The molecule has 1 saturated carbocycles. The Labute approximate surface area is 121 Å². The average Bonchev–Trinajstić information content (AvgIpc) is 2.26. The van der Waals surface area contributed by atoms with Gasteiger partial charge in [0.05, 0.1) is 6.61 Å². The predicted molar refractivity (Wildman–Crippen MR) is 76.4 cm³/mol. The van der Waals surface area contributed by atoms with E-state index in [4.69, 9.17) is 9.47 Å². The second-order valence-electron chi connectivity index (χ2n) is 6.38. The number of carbonyl (C=O) groups excluding carboxylic acids is 2. The van der Waals surface area contributed by atoms with Gasteiger partial charge in [0.25, 0.3) is 0 Å². The molecule has 1 aliphatic carbocycles. The van der Waals surface area contributed by atoms with Gasteiger partial charge in [-0.3, -0.25) is 4.79 Å². The molecule has 5 nitrogen and oxygen atoms in total. The van der Waals surface area contributed by atoms with Crippen molar-refractivity contribution in [2.75, 3.05) is 6.61 Å². The van der Waals surface area contributed by atoms with Gasteiger partial charge in [0, 0.05) is 12.5 Å². The van der Waals surface area contributed by atoms with E-state index in [1.807, 2.05) is 27.7 Å². The van der Waals surface area contributed by atoms with E-state index in [1.54, 1.807) is 0 Å². The zero-order chi connectivity index (χ0) is 15.2. The van der Waals surface area contributed by atoms with Gasteiger partial charge < -0.3 is 14.8 Å². The molecule has 1 aliphatic rings. The van der Waals surface area contributed by atoms with Crippen molar-refractivity contribution in [3.63, 3.8) is 0 Å². The molecule has 2 atom stereocenters. The summed E-state index contributed by atoms with van der Waals surface area (Å²) in [5.74, 6) is 0.151. The van der Waals surface area contributed by atoms with Gasteiger partial charge >= 0.3 is 12.1 Å². The Balaban J connectivity index is 2.37. The van der Waals surface area contributed by atoms with Gasteiger partial charge in [-0.2, -0.15) is 0 Å². The van der Waals surface area contributed by atoms with Gasteiger partial charge in [-0.15, -0.1) is 0 Å². The van der Waals surface area contributed by atoms with Crippen molar-refractivity contribution >= 4 is 12.1 Å². The van der Waals surface area contributed by atoms with Crippen LogP contribution in [0.25, 0.3) is 0 Å². The van der Waals surface area contributed by atoms with Crippen molar-refractivity contribution in [2.45, 2.75) is 71.4 Å². The van der Waals surface area contributed by atoms with Crippen molar-refractivity contribution in [1.82, 2.24) is 5.32 Å². The summed E-state index contributed by atoms with van der Waals surface area (Å²) in [7, 11) is 0. The fourth-order valence-corrected chi connectivity index (χ4v) is 2.54. The van der Waals surface area contributed by atoms with E-state index < -0.39 is 5.60 Å². The number of alkyl carbamates (subject to hydrolysis) is 1. The van der Waals surface area contributed by atoms with Gasteiger partial charge in [-0.05, 0) is 52.9 Å². The summed E-state index contributed by atoms with van der Waals surface area (Å²) in [6.45, 7) is 7.77. The number of carbonyl (C=O) groups is 2. The van der Waals surface area contributed by atoms with Gasteiger partial charge in [-0.1, -0.05) is 6.42 Å². The molecule has 0 aliphatic heterocycles. The highest BCUT2D eigenvalue weighted by Gasteiger charge is 2.27. The van der Waals surface area contributed by atoms with E-state index in [2.05, 4.69) is 5.32 Å². The number of rotatable bonds is 4. The summed E-state index contributed by atoms with van der Waals surface area (Å²) < 4.78 is 10.2. The molecule has 20 heavy (non-hydrogen) atoms. The third-order valence-electron chi connectivity index (χ3n) is 3.26. The molecule has 1 rings (SSSR count). The highest BCUT2D eigenvalue weighted by Crippen LogP contribution is 2.27. The number of hydrogen-bond donors (Lipinski definition) is 1. The Kier molecular flexibility index (Phi) is 6.30. The highest BCUT2D eigenvalue weighted by atomic mass is 16.6. The Morgan fingerprint density at radius 2 is 1.95 bits per heavy atom. The predicted octanol–water partition coefficient (Wildman–Crippen LogP) is 3.02. The van der Waals surface area contributed by atoms with Gasteiger partial charge in [0.1, 0.15) is 5.60 Å². The maximum Gasteiger partial charge on any atom is 0.407 e. The lowest BCUT2D eigenvalue weighted by atomic mass is 9.84. The Bertz CT molecular complexity index is 335. The lowest BCUT2D eigenvalue weighted by molar-refractivity contribution is -0.144. The summed E-state index contributed by atoms with van der Waals surface area (Å²) in [5, 5.41) is 2.90. The molecule has 0 aromatic rings. The maximum absolute atomic E-state index is 11.7. The van der Waals surface area contributed by atoms with Crippen LogP contribution in [-0.2, 0) is 14.3 Å². The lowest BCUT2D eigenvalue weighted by Gasteiger charge is -2.30. The largest absolute Gasteiger partial charge is 0.466 e. The van der Waals surface area contributed by atoms with Crippen molar-refractivity contribution in [3.05, 3.63) is 0 Å². The zero-order valence-corrected chi connectivity index (χ0v) is 13.0. The SMILES string of the molecule is CCOC(=O)C[C@H]1CCC[C@@H](NC(=O)OC(C)(C)C)C1. The van der Waals surface area contributed by atoms with Gasteiger partial charge in [0.2, 0.25) is 0 Å². The first kappa shape index (κ1) is 16.8. The summed E-state index contributed by atoms with van der Waals surface area (Å²) in [6.07, 6.45) is 3.87. The first-order chi connectivity index (χ1) is 9.30. The van der Waals surface area contributed by atoms with Crippen LogP contribution in [0, 0.1) is 5.92 Å². The fraction of sp³-hybridized carbons (Fsp3) is 0.867. The summed E-state index contributed by atoms with van der Waals surface area (Å²) >= 11 is 0. The molecule has 5 heteroatoms. The molecule has 116 valence electrons. The molecule has 0 bridgehead atoms. The number of ether oxygens (including phenoxy) is 2. The molecule has 1 amide bonds. The topological polar surface area (TPSA) is 64.6 Å². The van der Waals surface area contributed by atoms with Crippen LogP contribution < -0.4 is 5.32 Å². The van der Waals surface area contributed by atoms with Crippen LogP contribution in [0.1, 0.15) is 59.8 Å². The van der Waals surface area contributed by atoms with Crippen LogP contribution in [0.4, 0.5) is 4.79 Å². The van der Waals surface area contributed by atoms with Crippen molar-refractivity contribution < 1.29 is 19.1 Å². The molecule has 1 fully saturated rings. The molecule has 1 N–H and O–H groups in total. The first-order valence-corrected chi connectivity index (χ1v) is 7.45. The second kappa shape index (κ2) is 7.50. The van der Waals surface area contributed by atoms with Crippen LogP contribution in [0.5, 0.6) is 0 Å². The fourth-order valence-electron chi connectivity index (χ4n) is 2.54. The van der Waals surface area contributed by atoms with Crippen molar-refractivity contribution in [3.8, 4) is 0 Å². The minimum Gasteiger partial charge on any atom is -0.466 e. The molecule has 0 aromatic heterocycles. The molecule has 0 radical (unpaired) electrons. The van der Waals surface area contributed by atoms with Crippen molar-refractivity contribution in [2.24, 2.45) is 5.92 Å². The summed E-state index contributed by atoms with van der Waals surface area (Å²) in [6, 6.07) is 0.0954. The third-order valence-corrected chi connectivity index (χ3v) is 3.26. The minimum atomic E-state index is -0.483. The van der Waals surface area contributed by atoms with Crippen LogP contribution in [0.3, 0.4) is 0 Å². The molecule has 0 heterocycles. The number of amides is 1. The maximum atomic E-state index is 11.7. The third kappa shape index (κ3) is 6.78. The van der Waals surface area contributed by atoms with Gasteiger partial charge in [-0.25, -0.2) is 4.79 Å².